The van der Waals surface area contributed by atoms with Crippen LogP contribution in [0.1, 0.15) is 24.3 Å². The molecular weight excluding hydrogens is 304 g/mol. The molecule has 0 unspecified atom stereocenters. The highest BCUT2D eigenvalue weighted by molar-refractivity contribution is 7.13. The third kappa shape index (κ3) is 4.56. The van der Waals surface area contributed by atoms with Crippen molar-refractivity contribution in [2.75, 3.05) is 12.4 Å². The van der Waals surface area contributed by atoms with Crippen LogP contribution in [0.2, 0.25) is 0 Å². The summed E-state index contributed by atoms with van der Waals surface area (Å²) >= 11 is 1.32. The number of methoxy groups -OCH3 is 1. The summed E-state index contributed by atoms with van der Waals surface area (Å²) in [6, 6.07) is 7.07. The first-order chi connectivity index (χ1) is 10.6. The van der Waals surface area contributed by atoms with Crippen LogP contribution in [-0.2, 0) is 9.59 Å². The number of rotatable bonds is 7. The Morgan fingerprint density at radius 3 is 2.59 bits per heavy atom. The SMILES string of the molecule is COc1ccc([C@@H](CC(=O)O)CC(=O)Nc2nccs2)cc1. The molecule has 0 spiro atoms. The van der Waals surface area contributed by atoms with Gasteiger partial charge in [0.15, 0.2) is 5.13 Å². The first-order valence-corrected chi connectivity index (χ1v) is 7.51. The summed E-state index contributed by atoms with van der Waals surface area (Å²) < 4.78 is 5.08. The fourth-order valence-electron chi connectivity index (χ4n) is 2.07. The molecule has 0 aliphatic carbocycles. The maximum Gasteiger partial charge on any atom is 0.303 e. The molecule has 0 saturated carbocycles. The number of carboxylic acids is 1. The number of anilines is 1. The lowest BCUT2D eigenvalue weighted by atomic mass is 9.92. The van der Waals surface area contributed by atoms with Crippen molar-refractivity contribution in [3.8, 4) is 5.75 Å². The van der Waals surface area contributed by atoms with Gasteiger partial charge < -0.3 is 15.2 Å². The normalized spacial score (nSPS) is 11.7. The molecule has 1 atom stereocenters. The average molecular weight is 320 g/mol. The average Bonchev–Trinajstić information content (AvgIpc) is 2.99. The lowest BCUT2D eigenvalue weighted by Gasteiger charge is -2.15. The van der Waals surface area contributed by atoms with Gasteiger partial charge in [0.05, 0.1) is 13.5 Å². The molecular formula is C15H16N2O4S. The van der Waals surface area contributed by atoms with E-state index in [4.69, 9.17) is 9.84 Å². The Balaban J connectivity index is 2.07. The number of benzene rings is 1. The number of carboxylic acid groups (broad SMARTS) is 1. The van der Waals surface area contributed by atoms with E-state index in [1.807, 2.05) is 0 Å². The summed E-state index contributed by atoms with van der Waals surface area (Å²) in [5.41, 5.74) is 0.789. The van der Waals surface area contributed by atoms with Crippen LogP contribution in [-0.4, -0.2) is 29.1 Å². The zero-order chi connectivity index (χ0) is 15.9. The third-order valence-electron chi connectivity index (χ3n) is 3.12. The first kappa shape index (κ1) is 16.0. The molecule has 1 aromatic heterocycles. The summed E-state index contributed by atoms with van der Waals surface area (Å²) in [6.07, 6.45) is 1.56. The summed E-state index contributed by atoms with van der Waals surface area (Å²) in [6.45, 7) is 0. The monoisotopic (exact) mass is 320 g/mol. The third-order valence-corrected chi connectivity index (χ3v) is 3.81. The highest BCUT2D eigenvalue weighted by atomic mass is 32.1. The van der Waals surface area contributed by atoms with Crippen LogP contribution >= 0.6 is 11.3 Å². The Hall–Kier alpha value is -2.41. The topological polar surface area (TPSA) is 88.5 Å². The van der Waals surface area contributed by atoms with Gasteiger partial charge in [-0.1, -0.05) is 12.1 Å². The molecule has 1 amide bonds. The minimum Gasteiger partial charge on any atom is -0.497 e. The fourth-order valence-corrected chi connectivity index (χ4v) is 2.62. The quantitative estimate of drug-likeness (QED) is 0.819. The summed E-state index contributed by atoms with van der Waals surface area (Å²) in [5.74, 6) is -0.909. The van der Waals surface area contributed by atoms with E-state index in [2.05, 4.69) is 10.3 Å². The van der Waals surface area contributed by atoms with E-state index in [0.29, 0.717) is 10.9 Å². The molecule has 22 heavy (non-hydrogen) atoms. The molecule has 2 rings (SSSR count). The number of thiazole rings is 1. The molecule has 0 radical (unpaired) electrons. The number of carbonyl (C=O) groups is 2. The number of hydrogen-bond donors (Lipinski definition) is 2. The summed E-state index contributed by atoms with van der Waals surface area (Å²) in [4.78, 5) is 27.0. The highest BCUT2D eigenvalue weighted by Gasteiger charge is 2.20. The van der Waals surface area contributed by atoms with Crippen molar-refractivity contribution >= 4 is 28.3 Å². The van der Waals surface area contributed by atoms with Gasteiger partial charge in [-0.3, -0.25) is 9.59 Å². The molecule has 0 fully saturated rings. The van der Waals surface area contributed by atoms with Crippen molar-refractivity contribution < 1.29 is 19.4 Å². The van der Waals surface area contributed by atoms with Gasteiger partial charge in [0, 0.05) is 23.9 Å². The molecule has 2 N–H and O–H groups in total. The number of nitrogens with one attached hydrogen (secondary N) is 1. The maximum absolute atomic E-state index is 12.0. The van der Waals surface area contributed by atoms with Crippen LogP contribution in [0.5, 0.6) is 5.75 Å². The van der Waals surface area contributed by atoms with Crippen molar-refractivity contribution in [3.63, 3.8) is 0 Å². The van der Waals surface area contributed by atoms with Crippen LogP contribution in [0.25, 0.3) is 0 Å². The first-order valence-electron chi connectivity index (χ1n) is 6.63. The van der Waals surface area contributed by atoms with Crippen LogP contribution < -0.4 is 10.1 Å². The van der Waals surface area contributed by atoms with Crippen LogP contribution in [0.3, 0.4) is 0 Å². The predicted molar refractivity (Wildman–Crippen MR) is 83.3 cm³/mol. The van der Waals surface area contributed by atoms with Gasteiger partial charge >= 0.3 is 5.97 Å². The predicted octanol–water partition coefficient (Wildman–Crippen LogP) is 2.74. The van der Waals surface area contributed by atoms with Gasteiger partial charge in [0.25, 0.3) is 0 Å². The van der Waals surface area contributed by atoms with Gasteiger partial charge in [-0.15, -0.1) is 11.3 Å². The second-order valence-electron chi connectivity index (χ2n) is 4.66. The highest BCUT2D eigenvalue weighted by Crippen LogP contribution is 2.26. The van der Waals surface area contributed by atoms with Crippen molar-refractivity contribution in [1.82, 2.24) is 4.98 Å². The molecule has 0 saturated heterocycles. The van der Waals surface area contributed by atoms with E-state index in [9.17, 15) is 9.59 Å². The number of amides is 1. The van der Waals surface area contributed by atoms with E-state index in [0.717, 1.165) is 5.56 Å². The zero-order valence-corrected chi connectivity index (χ0v) is 12.8. The van der Waals surface area contributed by atoms with E-state index >= 15 is 0 Å². The van der Waals surface area contributed by atoms with E-state index in [1.54, 1.807) is 43.0 Å². The van der Waals surface area contributed by atoms with Crippen LogP contribution in [0, 0.1) is 0 Å². The Morgan fingerprint density at radius 2 is 2.05 bits per heavy atom. The molecule has 6 nitrogen and oxygen atoms in total. The summed E-state index contributed by atoms with van der Waals surface area (Å²) in [5, 5.41) is 14.0. The lowest BCUT2D eigenvalue weighted by Crippen LogP contribution is -2.17. The van der Waals surface area contributed by atoms with Gasteiger partial charge in [0.2, 0.25) is 5.91 Å². The zero-order valence-electron chi connectivity index (χ0n) is 12.0. The van der Waals surface area contributed by atoms with Gasteiger partial charge in [-0.25, -0.2) is 4.98 Å². The molecule has 116 valence electrons. The number of hydrogen-bond acceptors (Lipinski definition) is 5. The van der Waals surface area contributed by atoms with Crippen LogP contribution in [0.15, 0.2) is 35.8 Å². The number of carbonyl (C=O) groups excluding carboxylic acids is 1. The van der Waals surface area contributed by atoms with Gasteiger partial charge in [0.1, 0.15) is 5.75 Å². The second kappa shape index (κ2) is 7.56. The molecule has 0 aliphatic heterocycles. The van der Waals surface area contributed by atoms with Crippen molar-refractivity contribution in [1.29, 1.82) is 0 Å². The van der Waals surface area contributed by atoms with Crippen molar-refractivity contribution in [2.45, 2.75) is 18.8 Å². The molecule has 2 aromatic rings. The molecule has 1 heterocycles. The summed E-state index contributed by atoms with van der Waals surface area (Å²) in [7, 11) is 1.56. The number of ether oxygens (including phenoxy) is 1. The Kier molecular flexibility index (Phi) is 5.48. The smallest absolute Gasteiger partial charge is 0.303 e. The minimum absolute atomic E-state index is 0.0816. The lowest BCUT2D eigenvalue weighted by molar-refractivity contribution is -0.137. The maximum atomic E-state index is 12.0. The molecule has 7 heteroatoms. The minimum atomic E-state index is -0.942. The van der Waals surface area contributed by atoms with E-state index in [1.165, 1.54) is 11.3 Å². The largest absolute Gasteiger partial charge is 0.497 e. The Bertz CT molecular complexity index is 626. The molecule has 0 bridgehead atoms. The van der Waals surface area contributed by atoms with Gasteiger partial charge in [-0.2, -0.15) is 0 Å². The standard InChI is InChI=1S/C15H16N2O4S/c1-21-12-4-2-10(3-5-12)11(9-14(19)20)8-13(18)17-15-16-6-7-22-15/h2-7,11H,8-9H2,1H3,(H,19,20)(H,16,17,18)/t11-/m1/s1. The second-order valence-corrected chi connectivity index (χ2v) is 5.55. The van der Waals surface area contributed by atoms with Crippen LogP contribution in [0.4, 0.5) is 5.13 Å². The fraction of sp³-hybridized carbons (Fsp3) is 0.267. The van der Waals surface area contributed by atoms with Crippen molar-refractivity contribution in [3.05, 3.63) is 41.4 Å². The molecule has 0 aliphatic rings. The number of aliphatic carboxylic acids is 1. The Morgan fingerprint density at radius 1 is 1.32 bits per heavy atom. The van der Waals surface area contributed by atoms with E-state index in [-0.39, 0.29) is 18.7 Å². The van der Waals surface area contributed by atoms with Crippen molar-refractivity contribution in [2.24, 2.45) is 0 Å². The number of nitrogens with zero attached hydrogens (tertiary/aromatic N) is 1. The Labute approximate surface area is 131 Å². The van der Waals surface area contributed by atoms with E-state index < -0.39 is 11.9 Å². The molecule has 1 aromatic carbocycles. The van der Waals surface area contributed by atoms with Gasteiger partial charge in [-0.05, 0) is 17.7 Å². The number of aromatic nitrogens is 1.